The van der Waals surface area contributed by atoms with Crippen molar-refractivity contribution in [3.63, 3.8) is 0 Å². The molecule has 0 aliphatic heterocycles. The average Bonchev–Trinajstić information content (AvgIpc) is 2.62. The summed E-state index contributed by atoms with van der Waals surface area (Å²) < 4.78 is 10.9. The van der Waals surface area contributed by atoms with Gasteiger partial charge in [-0.1, -0.05) is 18.2 Å². The number of hydrogen-bond donors (Lipinski definition) is 1. The molecule has 2 rings (SSSR count). The number of pyridine rings is 1. The van der Waals surface area contributed by atoms with E-state index in [2.05, 4.69) is 5.32 Å². The average molecular weight is 374 g/mol. The van der Waals surface area contributed by atoms with Gasteiger partial charge in [0.15, 0.2) is 0 Å². The van der Waals surface area contributed by atoms with Crippen LogP contribution in [0.1, 0.15) is 39.2 Å². The fraction of sp³-hybridized carbons (Fsp3) is 0.368. The number of fused-ring (bicyclic) bond motifs is 1. The van der Waals surface area contributed by atoms with Gasteiger partial charge in [-0.05, 0) is 26.8 Å². The molecule has 0 spiro atoms. The van der Waals surface area contributed by atoms with Gasteiger partial charge in [0.25, 0.3) is 5.56 Å². The molecule has 1 heterocycles. The third kappa shape index (κ3) is 3.99. The first kappa shape index (κ1) is 20.2. The molecule has 0 aliphatic rings. The van der Waals surface area contributed by atoms with Crippen molar-refractivity contribution in [2.24, 2.45) is 0 Å². The maximum absolute atomic E-state index is 13.0. The van der Waals surface area contributed by atoms with Crippen molar-refractivity contribution in [1.29, 1.82) is 0 Å². The van der Waals surface area contributed by atoms with Gasteiger partial charge in [0.2, 0.25) is 5.91 Å². The summed E-state index contributed by atoms with van der Waals surface area (Å²) in [5.74, 6) is -1.88. The quantitative estimate of drug-likeness (QED) is 0.807. The molecule has 1 atom stereocenters. The van der Waals surface area contributed by atoms with Crippen LogP contribution in [0.3, 0.4) is 0 Å². The molecule has 0 radical (unpaired) electrons. The Kier molecular flexibility index (Phi) is 6.33. The monoisotopic (exact) mass is 374 g/mol. The van der Waals surface area contributed by atoms with Crippen LogP contribution < -0.4 is 10.9 Å². The van der Waals surface area contributed by atoms with E-state index in [0.717, 1.165) is 4.57 Å². The lowest BCUT2D eigenvalue weighted by atomic mass is 9.95. The minimum atomic E-state index is -0.861. The van der Waals surface area contributed by atoms with E-state index in [0.29, 0.717) is 10.9 Å². The zero-order chi connectivity index (χ0) is 20.1. The first-order valence-corrected chi connectivity index (χ1v) is 8.62. The van der Waals surface area contributed by atoms with Crippen molar-refractivity contribution in [2.75, 3.05) is 18.5 Å². The molecule has 2 aromatic rings. The molecule has 0 aliphatic carbocycles. The maximum Gasteiger partial charge on any atom is 0.421 e. The van der Waals surface area contributed by atoms with Crippen molar-refractivity contribution < 1.29 is 23.9 Å². The Balaban J connectivity index is 2.90. The van der Waals surface area contributed by atoms with Crippen LogP contribution in [-0.4, -0.2) is 35.8 Å². The zero-order valence-corrected chi connectivity index (χ0v) is 15.7. The summed E-state index contributed by atoms with van der Waals surface area (Å²) in [5.41, 5.74) is -0.339. The van der Waals surface area contributed by atoms with Crippen LogP contribution in [0.25, 0.3) is 10.9 Å². The van der Waals surface area contributed by atoms with Crippen molar-refractivity contribution in [1.82, 2.24) is 4.57 Å². The lowest BCUT2D eigenvalue weighted by Gasteiger charge is -2.20. The zero-order valence-electron chi connectivity index (χ0n) is 15.7. The van der Waals surface area contributed by atoms with Gasteiger partial charge in [-0.15, -0.1) is 0 Å². The Morgan fingerprint density at radius 2 is 1.74 bits per heavy atom. The van der Waals surface area contributed by atoms with Crippen LogP contribution in [0.15, 0.2) is 29.1 Å². The molecule has 0 bridgehead atoms. The minimum absolute atomic E-state index is 0.0794. The van der Waals surface area contributed by atoms with E-state index < -0.39 is 29.4 Å². The van der Waals surface area contributed by atoms with Crippen molar-refractivity contribution in [3.05, 3.63) is 40.2 Å². The van der Waals surface area contributed by atoms with E-state index in [-0.39, 0.29) is 24.4 Å². The van der Waals surface area contributed by atoms with E-state index in [1.165, 1.54) is 6.92 Å². The van der Waals surface area contributed by atoms with E-state index >= 15 is 0 Å². The molecule has 0 fully saturated rings. The molecule has 1 aromatic carbocycles. The van der Waals surface area contributed by atoms with Crippen LogP contribution in [0.2, 0.25) is 0 Å². The Morgan fingerprint density at radius 3 is 2.33 bits per heavy atom. The van der Waals surface area contributed by atoms with Crippen LogP contribution in [-0.2, 0) is 19.1 Å². The van der Waals surface area contributed by atoms with Gasteiger partial charge >= 0.3 is 12.1 Å². The molecule has 8 heteroatoms. The highest BCUT2D eigenvalue weighted by molar-refractivity contribution is 6.00. The summed E-state index contributed by atoms with van der Waals surface area (Å²) in [5, 5.41) is 2.93. The highest BCUT2D eigenvalue weighted by Crippen LogP contribution is 2.31. The van der Waals surface area contributed by atoms with Gasteiger partial charge in [0.1, 0.15) is 5.69 Å². The Morgan fingerprint density at radius 1 is 1.11 bits per heavy atom. The highest BCUT2D eigenvalue weighted by Gasteiger charge is 2.28. The number of carbonyl (C=O) groups is 3. The molecule has 1 unspecified atom stereocenters. The number of anilines is 1. The normalized spacial score (nSPS) is 11.7. The first-order chi connectivity index (χ1) is 12.8. The molecule has 1 N–H and O–H groups in total. The van der Waals surface area contributed by atoms with Crippen LogP contribution >= 0.6 is 0 Å². The number of benzene rings is 1. The van der Waals surface area contributed by atoms with Crippen LogP contribution in [0, 0.1) is 0 Å². The molecule has 144 valence electrons. The minimum Gasteiger partial charge on any atom is -0.466 e. The number of para-hydroxylation sites is 1. The van der Waals surface area contributed by atoms with Crippen LogP contribution in [0.4, 0.5) is 10.5 Å². The predicted molar refractivity (Wildman–Crippen MR) is 100.0 cm³/mol. The van der Waals surface area contributed by atoms with Gasteiger partial charge in [-0.3, -0.25) is 14.4 Å². The van der Waals surface area contributed by atoms with Gasteiger partial charge in [0, 0.05) is 17.9 Å². The number of aromatic nitrogens is 1. The molecular weight excluding hydrogens is 352 g/mol. The SMILES string of the molecule is CCOC(=O)C(C)c1c(NC(C)=O)c(=O)n(C(=O)OCC)c2ccccc12. The lowest BCUT2D eigenvalue weighted by molar-refractivity contribution is -0.144. The van der Waals surface area contributed by atoms with E-state index in [9.17, 15) is 19.2 Å². The number of amides is 1. The predicted octanol–water partition coefficient (Wildman–Crippen LogP) is 2.63. The first-order valence-electron chi connectivity index (χ1n) is 8.62. The van der Waals surface area contributed by atoms with Gasteiger partial charge in [0.05, 0.1) is 24.6 Å². The smallest absolute Gasteiger partial charge is 0.421 e. The Labute approximate surface area is 156 Å². The van der Waals surface area contributed by atoms with Crippen LogP contribution in [0.5, 0.6) is 0 Å². The van der Waals surface area contributed by atoms with E-state index in [4.69, 9.17) is 9.47 Å². The second-order valence-corrected chi connectivity index (χ2v) is 5.80. The lowest BCUT2D eigenvalue weighted by Crippen LogP contribution is -2.33. The summed E-state index contributed by atoms with van der Waals surface area (Å²) in [4.78, 5) is 49.4. The summed E-state index contributed by atoms with van der Waals surface area (Å²) >= 11 is 0. The third-order valence-electron chi connectivity index (χ3n) is 3.95. The number of hydrogen-bond acceptors (Lipinski definition) is 6. The molecule has 27 heavy (non-hydrogen) atoms. The third-order valence-corrected chi connectivity index (χ3v) is 3.95. The Bertz CT molecular complexity index is 947. The summed E-state index contributed by atoms with van der Waals surface area (Å²) in [6.07, 6.45) is -0.861. The fourth-order valence-electron chi connectivity index (χ4n) is 2.87. The summed E-state index contributed by atoms with van der Waals surface area (Å²) in [7, 11) is 0. The van der Waals surface area contributed by atoms with E-state index in [1.807, 2.05) is 0 Å². The standard InChI is InChI=1S/C19H22N2O6/c1-5-26-18(24)11(3)15-13-9-7-8-10-14(13)21(19(25)27-6-2)17(23)16(15)20-12(4)22/h7-11H,5-6H2,1-4H3,(H,20,22). The maximum atomic E-state index is 13.0. The number of carbonyl (C=O) groups excluding carboxylic acids is 3. The molecule has 0 saturated heterocycles. The molecule has 8 nitrogen and oxygen atoms in total. The van der Waals surface area contributed by atoms with Gasteiger partial charge in [-0.2, -0.15) is 0 Å². The second-order valence-electron chi connectivity index (χ2n) is 5.80. The van der Waals surface area contributed by atoms with Gasteiger partial charge in [-0.25, -0.2) is 9.36 Å². The van der Waals surface area contributed by atoms with Gasteiger partial charge < -0.3 is 14.8 Å². The number of nitrogens with one attached hydrogen (secondary N) is 1. The van der Waals surface area contributed by atoms with Crippen molar-refractivity contribution in [2.45, 2.75) is 33.6 Å². The fourth-order valence-corrected chi connectivity index (χ4v) is 2.87. The van der Waals surface area contributed by atoms with E-state index in [1.54, 1.807) is 45.0 Å². The number of rotatable bonds is 5. The topological polar surface area (TPSA) is 104 Å². The summed E-state index contributed by atoms with van der Waals surface area (Å²) in [6.45, 7) is 6.38. The molecule has 1 aromatic heterocycles. The van der Waals surface area contributed by atoms with Crippen molar-refractivity contribution in [3.8, 4) is 0 Å². The highest BCUT2D eigenvalue weighted by atomic mass is 16.5. The molecule has 0 saturated carbocycles. The second kappa shape index (κ2) is 8.48. The summed E-state index contributed by atoms with van der Waals surface area (Å²) in [6, 6.07) is 6.61. The number of ether oxygens (including phenoxy) is 2. The number of esters is 1. The molecule has 1 amide bonds. The largest absolute Gasteiger partial charge is 0.466 e. The van der Waals surface area contributed by atoms with Crippen molar-refractivity contribution >= 4 is 34.6 Å². The molecular formula is C19H22N2O6. The number of nitrogens with zero attached hydrogens (tertiary/aromatic N) is 1. The Hall–Kier alpha value is -3.16.